The van der Waals surface area contributed by atoms with E-state index in [1.807, 2.05) is 56.9 Å². The SMILES string of the molecule is CCCCCCCC(CCC)c1ccc(-c2ccc(C(=O)OC3CC(C)(C)N(C(C)=O)C(C)(C)C3)cc2)cc1. The molecule has 1 unspecified atom stereocenters. The number of ether oxygens (including phenoxy) is 1. The van der Waals surface area contributed by atoms with Gasteiger partial charge in [-0.1, -0.05) is 88.8 Å². The Balaban J connectivity index is 1.62. The minimum atomic E-state index is -0.375. The van der Waals surface area contributed by atoms with Crippen LogP contribution in [0.15, 0.2) is 48.5 Å². The van der Waals surface area contributed by atoms with Crippen molar-refractivity contribution >= 4 is 11.9 Å². The highest BCUT2D eigenvalue weighted by molar-refractivity contribution is 5.90. The smallest absolute Gasteiger partial charge is 0.338 e. The number of piperidine rings is 1. The first-order valence-electron chi connectivity index (χ1n) is 15.2. The van der Waals surface area contributed by atoms with Crippen LogP contribution in [0.3, 0.4) is 0 Å². The molecule has 4 nitrogen and oxygen atoms in total. The number of likely N-dealkylation sites (tertiary alicyclic amines) is 1. The molecule has 0 spiro atoms. The van der Waals surface area contributed by atoms with E-state index in [0.29, 0.717) is 24.3 Å². The molecule has 0 bridgehead atoms. The zero-order valence-corrected chi connectivity index (χ0v) is 25.5. The summed E-state index contributed by atoms with van der Waals surface area (Å²) in [6.07, 6.45) is 11.4. The first-order chi connectivity index (χ1) is 18.5. The van der Waals surface area contributed by atoms with Crippen LogP contribution in [0.4, 0.5) is 0 Å². The van der Waals surface area contributed by atoms with Crippen LogP contribution in [-0.2, 0) is 9.53 Å². The molecule has 1 aliphatic heterocycles. The molecule has 0 aliphatic carbocycles. The van der Waals surface area contributed by atoms with Gasteiger partial charge in [0, 0.05) is 30.8 Å². The Morgan fingerprint density at radius 1 is 0.795 bits per heavy atom. The van der Waals surface area contributed by atoms with Gasteiger partial charge < -0.3 is 9.64 Å². The van der Waals surface area contributed by atoms with Crippen molar-refractivity contribution in [3.8, 4) is 11.1 Å². The maximum atomic E-state index is 13.0. The number of unbranched alkanes of at least 4 members (excludes halogenated alkanes) is 4. The summed E-state index contributed by atoms with van der Waals surface area (Å²) in [7, 11) is 0. The number of carbonyl (C=O) groups excluding carboxylic acids is 2. The van der Waals surface area contributed by atoms with Gasteiger partial charge in [-0.05, 0) is 75.3 Å². The van der Waals surface area contributed by atoms with Crippen molar-refractivity contribution in [3.05, 3.63) is 59.7 Å². The normalized spacial score (nSPS) is 17.6. The number of hydrogen-bond donors (Lipinski definition) is 0. The molecular formula is C35H51NO3. The lowest BCUT2D eigenvalue weighted by Gasteiger charge is -2.54. The van der Waals surface area contributed by atoms with E-state index < -0.39 is 0 Å². The third kappa shape index (κ3) is 8.19. The fourth-order valence-corrected chi connectivity index (χ4v) is 6.91. The molecule has 214 valence electrons. The monoisotopic (exact) mass is 533 g/mol. The Bertz CT molecular complexity index is 1050. The Morgan fingerprint density at radius 2 is 1.33 bits per heavy atom. The molecule has 0 N–H and O–H groups in total. The summed E-state index contributed by atoms with van der Waals surface area (Å²) in [6.45, 7) is 14.4. The number of amides is 1. The number of nitrogens with zero attached hydrogens (tertiary/aromatic N) is 1. The molecule has 2 aromatic rings. The second-order valence-electron chi connectivity index (χ2n) is 12.8. The number of benzene rings is 2. The molecule has 4 heteroatoms. The van der Waals surface area contributed by atoms with E-state index in [4.69, 9.17) is 4.74 Å². The maximum absolute atomic E-state index is 13.0. The number of esters is 1. The molecule has 1 atom stereocenters. The van der Waals surface area contributed by atoms with E-state index in [-0.39, 0.29) is 29.1 Å². The molecule has 39 heavy (non-hydrogen) atoms. The van der Waals surface area contributed by atoms with Gasteiger partial charge in [-0.3, -0.25) is 4.79 Å². The zero-order chi connectivity index (χ0) is 28.6. The Kier molecular flexibility index (Phi) is 10.8. The van der Waals surface area contributed by atoms with Crippen LogP contribution >= 0.6 is 0 Å². The van der Waals surface area contributed by atoms with Gasteiger partial charge in [-0.25, -0.2) is 4.79 Å². The molecular weight excluding hydrogens is 482 g/mol. The van der Waals surface area contributed by atoms with Crippen molar-refractivity contribution in [2.24, 2.45) is 0 Å². The minimum absolute atomic E-state index is 0.0571. The van der Waals surface area contributed by atoms with E-state index in [1.165, 1.54) is 56.9 Å². The molecule has 1 amide bonds. The van der Waals surface area contributed by atoms with Crippen LogP contribution in [-0.4, -0.2) is 34.0 Å². The molecule has 2 aromatic carbocycles. The van der Waals surface area contributed by atoms with E-state index in [1.54, 1.807) is 6.92 Å². The van der Waals surface area contributed by atoms with Crippen molar-refractivity contribution in [1.82, 2.24) is 4.90 Å². The quantitative estimate of drug-likeness (QED) is 0.202. The summed E-state index contributed by atoms with van der Waals surface area (Å²) in [6, 6.07) is 16.8. The van der Waals surface area contributed by atoms with Gasteiger partial charge in [-0.2, -0.15) is 0 Å². The summed E-state index contributed by atoms with van der Waals surface area (Å²) >= 11 is 0. The topological polar surface area (TPSA) is 46.6 Å². The van der Waals surface area contributed by atoms with Gasteiger partial charge in [0.25, 0.3) is 0 Å². The summed E-state index contributed by atoms with van der Waals surface area (Å²) in [5, 5.41) is 0. The fourth-order valence-electron chi connectivity index (χ4n) is 6.91. The lowest BCUT2D eigenvalue weighted by molar-refractivity contribution is -0.152. The van der Waals surface area contributed by atoms with Crippen LogP contribution in [0.1, 0.15) is 135 Å². The van der Waals surface area contributed by atoms with Crippen LogP contribution in [0, 0.1) is 0 Å². The highest BCUT2D eigenvalue weighted by Gasteiger charge is 2.47. The van der Waals surface area contributed by atoms with Crippen LogP contribution in [0.5, 0.6) is 0 Å². The highest BCUT2D eigenvalue weighted by atomic mass is 16.5. The molecule has 1 aliphatic rings. The molecule has 0 radical (unpaired) electrons. The molecule has 0 saturated carbocycles. The van der Waals surface area contributed by atoms with Crippen molar-refractivity contribution in [2.45, 2.75) is 136 Å². The van der Waals surface area contributed by atoms with Crippen LogP contribution < -0.4 is 0 Å². The lowest BCUT2D eigenvalue weighted by atomic mass is 9.78. The first kappa shape index (κ1) is 30.9. The predicted molar refractivity (Wildman–Crippen MR) is 162 cm³/mol. The maximum Gasteiger partial charge on any atom is 0.338 e. The summed E-state index contributed by atoms with van der Waals surface area (Å²) in [5.74, 6) is 0.396. The molecule has 0 aromatic heterocycles. The number of rotatable bonds is 12. The summed E-state index contributed by atoms with van der Waals surface area (Å²) in [5.41, 5.74) is 3.52. The average Bonchev–Trinajstić information content (AvgIpc) is 2.86. The third-order valence-corrected chi connectivity index (χ3v) is 8.38. The van der Waals surface area contributed by atoms with Gasteiger partial charge in [0.05, 0.1) is 5.56 Å². The van der Waals surface area contributed by atoms with Crippen molar-refractivity contribution in [2.75, 3.05) is 0 Å². The van der Waals surface area contributed by atoms with Crippen LogP contribution in [0.2, 0.25) is 0 Å². The van der Waals surface area contributed by atoms with E-state index >= 15 is 0 Å². The molecule has 1 heterocycles. The molecule has 1 fully saturated rings. The second-order valence-corrected chi connectivity index (χ2v) is 12.8. The van der Waals surface area contributed by atoms with E-state index in [0.717, 1.165) is 11.1 Å². The second kappa shape index (κ2) is 13.6. The first-order valence-corrected chi connectivity index (χ1v) is 15.2. The zero-order valence-electron chi connectivity index (χ0n) is 25.5. The summed E-state index contributed by atoms with van der Waals surface area (Å²) < 4.78 is 5.96. The van der Waals surface area contributed by atoms with Gasteiger partial charge in [0.15, 0.2) is 0 Å². The fraction of sp³-hybridized carbons (Fsp3) is 0.600. The standard InChI is InChI=1S/C35H51NO3/c1-8-10-11-12-13-15-27(14-9-2)28-16-18-29(19-17-28)30-20-22-31(23-21-30)33(38)39-32-24-34(4,5)36(26(3)37)35(6,7)25-32/h16-23,27,32H,8-15,24-25H2,1-7H3. The van der Waals surface area contributed by atoms with Gasteiger partial charge >= 0.3 is 5.97 Å². The lowest BCUT2D eigenvalue weighted by Crippen LogP contribution is -2.63. The summed E-state index contributed by atoms with van der Waals surface area (Å²) in [4.78, 5) is 27.3. The average molecular weight is 534 g/mol. The molecule has 1 saturated heterocycles. The Labute approximate surface area is 237 Å². The van der Waals surface area contributed by atoms with E-state index in [2.05, 4.69) is 38.1 Å². The minimum Gasteiger partial charge on any atom is -0.459 e. The number of carbonyl (C=O) groups is 2. The predicted octanol–water partition coefficient (Wildman–Crippen LogP) is 9.32. The Morgan fingerprint density at radius 3 is 1.85 bits per heavy atom. The molecule has 3 rings (SSSR count). The van der Waals surface area contributed by atoms with E-state index in [9.17, 15) is 9.59 Å². The third-order valence-electron chi connectivity index (χ3n) is 8.38. The van der Waals surface area contributed by atoms with Crippen molar-refractivity contribution in [3.63, 3.8) is 0 Å². The van der Waals surface area contributed by atoms with Crippen LogP contribution in [0.25, 0.3) is 11.1 Å². The largest absolute Gasteiger partial charge is 0.459 e. The van der Waals surface area contributed by atoms with Gasteiger partial charge in [0.1, 0.15) is 6.10 Å². The Hall–Kier alpha value is -2.62. The number of hydrogen-bond acceptors (Lipinski definition) is 3. The van der Waals surface area contributed by atoms with Gasteiger partial charge in [0.2, 0.25) is 5.91 Å². The highest BCUT2D eigenvalue weighted by Crippen LogP contribution is 2.40. The van der Waals surface area contributed by atoms with Crippen molar-refractivity contribution < 1.29 is 14.3 Å². The van der Waals surface area contributed by atoms with Crippen molar-refractivity contribution in [1.29, 1.82) is 0 Å². The van der Waals surface area contributed by atoms with Gasteiger partial charge in [-0.15, -0.1) is 0 Å².